The topological polar surface area (TPSA) is 63.8 Å². The number of aryl methyl sites for hydroxylation is 2. The van der Waals surface area contributed by atoms with Gasteiger partial charge in [-0.3, -0.25) is 0 Å². The molecule has 5 nitrogen and oxygen atoms in total. The van der Waals surface area contributed by atoms with Gasteiger partial charge in [0.15, 0.2) is 0 Å². The summed E-state index contributed by atoms with van der Waals surface area (Å²) in [6, 6.07) is 0. The van der Waals surface area contributed by atoms with Crippen molar-refractivity contribution in [1.29, 1.82) is 0 Å². The summed E-state index contributed by atoms with van der Waals surface area (Å²) in [5.74, 6) is 0. The van der Waals surface area contributed by atoms with Crippen molar-refractivity contribution in [1.82, 2.24) is 20.0 Å². The predicted molar refractivity (Wildman–Crippen MR) is 51.9 cm³/mol. The Morgan fingerprint density at radius 1 is 1.50 bits per heavy atom. The monoisotopic (exact) mass is 210 g/mol. The standard InChI is InChI=1S/C8H10N4OS/c1-5-9-4-7(14-5)8(13)6-3-10-12(2)11-6/h3-4,8,13H,1-2H3. The summed E-state index contributed by atoms with van der Waals surface area (Å²) >= 11 is 1.46. The maximum absolute atomic E-state index is 9.87. The SMILES string of the molecule is Cc1ncc(C(O)c2cnn(C)n2)s1. The Kier molecular flexibility index (Phi) is 2.30. The summed E-state index contributed by atoms with van der Waals surface area (Å²) in [6.07, 6.45) is 2.51. The van der Waals surface area contributed by atoms with Gasteiger partial charge in [-0.1, -0.05) is 0 Å². The summed E-state index contributed by atoms with van der Waals surface area (Å²) in [4.78, 5) is 6.29. The molecule has 2 aromatic heterocycles. The second kappa shape index (κ2) is 3.47. The van der Waals surface area contributed by atoms with E-state index in [4.69, 9.17) is 0 Å². The van der Waals surface area contributed by atoms with Gasteiger partial charge in [0.2, 0.25) is 0 Å². The minimum absolute atomic E-state index is 0.552. The lowest BCUT2D eigenvalue weighted by Crippen LogP contribution is -1.99. The summed E-state index contributed by atoms with van der Waals surface area (Å²) in [6.45, 7) is 1.90. The minimum atomic E-state index is -0.713. The second-order valence-electron chi connectivity index (χ2n) is 2.94. The molecule has 74 valence electrons. The first kappa shape index (κ1) is 9.29. The predicted octanol–water partition coefficient (Wildman–Crippen LogP) is 0.662. The molecule has 0 fully saturated rings. The lowest BCUT2D eigenvalue weighted by Gasteiger charge is -2.01. The minimum Gasteiger partial charge on any atom is -0.381 e. The summed E-state index contributed by atoms with van der Waals surface area (Å²) in [7, 11) is 1.72. The van der Waals surface area contributed by atoms with Crippen molar-refractivity contribution in [3.05, 3.63) is 28.0 Å². The van der Waals surface area contributed by atoms with Gasteiger partial charge in [0, 0.05) is 13.2 Å². The van der Waals surface area contributed by atoms with E-state index < -0.39 is 6.10 Å². The zero-order valence-electron chi connectivity index (χ0n) is 7.88. The molecule has 1 N–H and O–H groups in total. The molecule has 2 rings (SSSR count). The van der Waals surface area contributed by atoms with Gasteiger partial charge in [0.05, 0.1) is 16.1 Å². The third-order valence-corrected chi connectivity index (χ3v) is 2.77. The fraction of sp³-hybridized carbons (Fsp3) is 0.375. The average Bonchev–Trinajstić information content (AvgIpc) is 2.73. The summed E-state index contributed by atoms with van der Waals surface area (Å²) in [5.41, 5.74) is 0.552. The smallest absolute Gasteiger partial charge is 0.135 e. The van der Waals surface area contributed by atoms with Crippen LogP contribution in [0.15, 0.2) is 12.4 Å². The van der Waals surface area contributed by atoms with Crippen LogP contribution in [0.2, 0.25) is 0 Å². The first-order valence-corrected chi connectivity index (χ1v) is 4.95. The Labute approximate surface area is 85.0 Å². The third-order valence-electron chi connectivity index (χ3n) is 1.81. The molecule has 0 aliphatic carbocycles. The van der Waals surface area contributed by atoms with Crippen molar-refractivity contribution in [3.63, 3.8) is 0 Å². The number of aliphatic hydroxyl groups is 1. The molecule has 0 aromatic carbocycles. The molecule has 0 aliphatic heterocycles. The van der Waals surface area contributed by atoms with Crippen molar-refractivity contribution in [2.75, 3.05) is 0 Å². The molecule has 0 spiro atoms. The van der Waals surface area contributed by atoms with Crippen LogP contribution in [0.4, 0.5) is 0 Å². The Bertz CT molecular complexity index is 396. The molecule has 0 bridgehead atoms. The molecule has 1 unspecified atom stereocenters. The van der Waals surface area contributed by atoms with Gasteiger partial charge in [-0.05, 0) is 6.92 Å². The van der Waals surface area contributed by atoms with E-state index in [-0.39, 0.29) is 0 Å². The highest BCUT2D eigenvalue weighted by atomic mass is 32.1. The van der Waals surface area contributed by atoms with Crippen LogP contribution >= 0.6 is 11.3 Å². The maximum atomic E-state index is 9.87. The van der Waals surface area contributed by atoms with Gasteiger partial charge in [-0.25, -0.2) is 4.98 Å². The van der Waals surface area contributed by atoms with Crippen molar-refractivity contribution in [2.45, 2.75) is 13.0 Å². The molecule has 14 heavy (non-hydrogen) atoms. The molecule has 0 aliphatic rings. The van der Waals surface area contributed by atoms with E-state index in [0.29, 0.717) is 5.69 Å². The Balaban J connectivity index is 2.28. The number of aliphatic hydroxyl groups excluding tert-OH is 1. The Morgan fingerprint density at radius 3 is 2.79 bits per heavy atom. The van der Waals surface area contributed by atoms with Gasteiger partial charge in [0.1, 0.15) is 11.8 Å². The highest BCUT2D eigenvalue weighted by Gasteiger charge is 2.15. The van der Waals surface area contributed by atoms with Crippen LogP contribution in [-0.2, 0) is 7.05 Å². The van der Waals surface area contributed by atoms with Crippen molar-refractivity contribution in [2.24, 2.45) is 7.05 Å². The highest BCUT2D eigenvalue weighted by molar-refractivity contribution is 7.11. The number of nitrogens with zero attached hydrogens (tertiary/aromatic N) is 4. The van der Waals surface area contributed by atoms with Crippen molar-refractivity contribution >= 4 is 11.3 Å². The molecular formula is C8H10N4OS. The van der Waals surface area contributed by atoms with Crippen LogP contribution in [0.5, 0.6) is 0 Å². The highest BCUT2D eigenvalue weighted by Crippen LogP contribution is 2.24. The average molecular weight is 210 g/mol. The van der Waals surface area contributed by atoms with E-state index in [1.165, 1.54) is 16.1 Å². The molecule has 2 aromatic rings. The van der Waals surface area contributed by atoms with Gasteiger partial charge in [-0.2, -0.15) is 15.0 Å². The van der Waals surface area contributed by atoms with Gasteiger partial charge in [-0.15, -0.1) is 11.3 Å². The quantitative estimate of drug-likeness (QED) is 0.791. The number of hydrogen-bond acceptors (Lipinski definition) is 5. The molecule has 0 amide bonds. The van der Waals surface area contributed by atoms with E-state index in [1.807, 2.05) is 6.92 Å². The van der Waals surface area contributed by atoms with E-state index in [1.54, 1.807) is 19.4 Å². The summed E-state index contributed by atoms with van der Waals surface area (Å²) < 4.78 is 0. The van der Waals surface area contributed by atoms with Crippen LogP contribution < -0.4 is 0 Å². The maximum Gasteiger partial charge on any atom is 0.135 e. The van der Waals surface area contributed by atoms with Crippen LogP contribution in [0.3, 0.4) is 0 Å². The first-order valence-electron chi connectivity index (χ1n) is 4.13. The number of rotatable bonds is 2. The van der Waals surface area contributed by atoms with E-state index in [9.17, 15) is 5.11 Å². The zero-order chi connectivity index (χ0) is 10.1. The Morgan fingerprint density at radius 2 is 2.29 bits per heavy atom. The van der Waals surface area contributed by atoms with Crippen LogP contribution in [0, 0.1) is 6.92 Å². The molecule has 0 radical (unpaired) electrons. The number of thiazole rings is 1. The van der Waals surface area contributed by atoms with E-state index >= 15 is 0 Å². The van der Waals surface area contributed by atoms with Gasteiger partial charge in [0.25, 0.3) is 0 Å². The Hall–Kier alpha value is -1.27. The second-order valence-corrected chi connectivity index (χ2v) is 4.21. The zero-order valence-corrected chi connectivity index (χ0v) is 8.69. The molecule has 0 saturated carbocycles. The fourth-order valence-electron chi connectivity index (χ4n) is 1.14. The third kappa shape index (κ3) is 1.66. The van der Waals surface area contributed by atoms with Gasteiger partial charge < -0.3 is 5.11 Å². The molecule has 2 heterocycles. The number of hydrogen-bond donors (Lipinski definition) is 1. The number of aromatic nitrogens is 4. The lowest BCUT2D eigenvalue weighted by atomic mass is 10.2. The van der Waals surface area contributed by atoms with Crippen molar-refractivity contribution < 1.29 is 5.11 Å². The molecule has 1 atom stereocenters. The van der Waals surface area contributed by atoms with Crippen LogP contribution in [-0.4, -0.2) is 25.1 Å². The lowest BCUT2D eigenvalue weighted by molar-refractivity contribution is 0.218. The molecule has 6 heteroatoms. The van der Waals surface area contributed by atoms with E-state index in [0.717, 1.165) is 9.88 Å². The molecular weight excluding hydrogens is 200 g/mol. The van der Waals surface area contributed by atoms with E-state index in [2.05, 4.69) is 15.2 Å². The normalized spacial score (nSPS) is 13.1. The first-order chi connectivity index (χ1) is 6.66. The van der Waals surface area contributed by atoms with Crippen LogP contribution in [0.1, 0.15) is 21.7 Å². The molecule has 0 saturated heterocycles. The van der Waals surface area contributed by atoms with Gasteiger partial charge >= 0.3 is 0 Å². The van der Waals surface area contributed by atoms with Crippen LogP contribution in [0.25, 0.3) is 0 Å². The fourth-order valence-corrected chi connectivity index (χ4v) is 1.92. The van der Waals surface area contributed by atoms with Crippen molar-refractivity contribution in [3.8, 4) is 0 Å². The summed E-state index contributed by atoms with van der Waals surface area (Å²) in [5, 5.41) is 18.7. The largest absolute Gasteiger partial charge is 0.381 e.